The number of ether oxygens (including phenoxy) is 4. The molecule has 3 aromatic rings. The van der Waals surface area contributed by atoms with Crippen LogP contribution >= 0.6 is 0 Å². The third kappa shape index (κ3) is 3.94. The monoisotopic (exact) mass is 449 g/mol. The molecule has 0 spiro atoms. The number of nitrogens with zero attached hydrogens (tertiary/aromatic N) is 3. The van der Waals surface area contributed by atoms with Gasteiger partial charge in [0, 0.05) is 25.6 Å². The summed E-state index contributed by atoms with van der Waals surface area (Å²) in [5.41, 5.74) is 1.71. The molecule has 0 radical (unpaired) electrons. The van der Waals surface area contributed by atoms with Crippen LogP contribution in [0.15, 0.2) is 42.7 Å². The minimum Gasteiger partial charge on any atom is -0.497 e. The summed E-state index contributed by atoms with van der Waals surface area (Å²) >= 11 is 0. The van der Waals surface area contributed by atoms with Crippen molar-refractivity contribution < 1.29 is 24.1 Å². The van der Waals surface area contributed by atoms with Gasteiger partial charge in [-0.1, -0.05) is 6.07 Å². The molecule has 1 saturated carbocycles. The molecule has 1 aromatic heterocycles. The number of rotatable bonds is 7. The molecule has 8 heteroatoms. The predicted molar refractivity (Wildman–Crippen MR) is 121 cm³/mol. The van der Waals surface area contributed by atoms with Crippen molar-refractivity contribution in [3.8, 4) is 23.1 Å². The van der Waals surface area contributed by atoms with Gasteiger partial charge < -0.3 is 24.1 Å². The molecule has 8 nitrogen and oxygen atoms in total. The normalized spacial score (nSPS) is 24.4. The van der Waals surface area contributed by atoms with Crippen LogP contribution in [-0.4, -0.2) is 66.5 Å². The Morgan fingerprint density at radius 3 is 2.70 bits per heavy atom. The maximum absolute atomic E-state index is 10.8. The zero-order valence-corrected chi connectivity index (χ0v) is 18.5. The highest BCUT2D eigenvalue weighted by Gasteiger charge is 2.55. The largest absolute Gasteiger partial charge is 0.497 e. The maximum atomic E-state index is 10.8. The Morgan fingerprint density at radius 2 is 1.88 bits per heavy atom. The molecule has 0 bridgehead atoms. The van der Waals surface area contributed by atoms with Gasteiger partial charge in [-0.05, 0) is 47.7 Å². The van der Waals surface area contributed by atoms with E-state index in [1.54, 1.807) is 13.4 Å². The first-order chi connectivity index (χ1) is 16.2. The molecule has 1 saturated heterocycles. The number of aromatic nitrogens is 2. The number of benzene rings is 2. The molecule has 172 valence electrons. The van der Waals surface area contributed by atoms with Gasteiger partial charge in [-0.25, -0.2) is 9.97 Å². The van der Waals surface area contributed by atoms with Gasteiger partial charge in [-0.2, -0.15) is 0 Å². The van der Waals surface area contributed by atoms with E-state index in [1.807, 2.05) is 36.4 Å². The smallest absolute Gasteiger partial charge is 0.224 e. The average Bonchev–Trinajstić information content (AvgIpc) is 3.31. The van der Waals surface area contributed by atoms with Gasteiger partial charge in [0.25, 0.3) is 0 Å². The van der Waals surface area contributed by atoms with E-state index in [9.17, 15) is 5.11 Å². The second-order valence-electron chi connectivity index (χ2n) is 9.00. The van der Waals surface area contributed by atoms with Crippen molar-refractivity contribution in [2.75, 3.05) is 46.6 Å². The van der Waals surface area contributed by atoms with E-state index in [0.717, 1.165) is 41.1 Å². The van der Waals surface area contributed by atoms with Gasteiger partial charge in [-0.15, -0.1) is 0 Å². The van der Waals surface area contributed by atoms with E-state index in [1.165, 1.54) is 0 Å². The number of aliphatic hydroxyl groups is 1. The van der Waals surface area contributed by atoms with E-state index in [-0.39, 0.29) is 0 Å². The molecule has 1 aliphatic carbocycles. The third-order valence-corrected chi connectivity index (χ3v) is 7.05. The molecule has 4 atom stereocenters. The van der Waals surface area contributed by atoms with Crippen molar-refractivity contribution in [1.82, 2.24) is 14.9 Å². The highest BCUT2D eigenvalue weighted by Crippen LogP contribution is 2.52. The highest BCUT2D eigenvalue weighted by molar-refractivity contribution is 5.84. The number of methoxy groups -OCH3 is 1. The van der Waals surface area contributed by atoms with Gasteiger partial charge in [0.1, 0.15) is 25.3 Å². The first kappa shape index (κ1) is 20.5. The quantitative estimate of drug-likeness (QED) is 0.589. The maximum Gasteiger partial charge on any atom is 0.224 e. The van der Waals surface area contributed by atoms with Crippen LogP contribution < -0.4 is 18.9 Å². The van der Waals surface area contributed by atoms with E-state index in [4.69, 9.17) is 18.9 Å². The number of β-amino-alcohol motifs (C(OH)–C–C–N with tert-alkyl or cyclic N) is 1. The molecule has 33 heavy (non-hydrogen) atoms. The average molecular weight is 450 g/mol. The van der Waals surface area contributed by atoms with Crippen LogP contribution in [0.4, 0.5) is 0 Å². The minimum absolute atomic E-state index is 0.531. The van der Waals surface area contributed by atoms with Crippen molar-refractivity contribution in [1.29, 1.82) is 0 Å². The molecular weight excluding hydrogens is 422 g/mol. The van der Waals surface area contributed by atoms with Gasteiger partial charge in [0.15, 0.2) is 11.5 Å². The van der Waals surface area contributed by atoms with Crippen LogP contribution in [0.2, 0.25) is 0 Å². The number of hydrogen-bond donors (Lipinski definition) is 1. The van der Waals surface area contributed by atoms with E-state index >= 15 is 0 Å². The molecule has 2 aliphatic heterocycles. The number of hydrogen-bond acceptors (Lipinski definition) is 8. The van der Waals surface area contributed by atoms with Crippen molar-refractivity contribution in [3.05, 3.63) is 48.3 Å². The summed E-state index contributed by atoms with van der Waals surface area (Å²) in [6.45, 7) is 4.35. The van der Waals surface area contributed by atoms with Crippen LogP contribution in [0.3, 0.4) is 0 Å². The lowest BCUT2D eigenvalue weighted by Gasteiger charge is -2.24. The van der Waals surface area contributed by atoms with E-state index in [2.05, 4.69) is 14.9 Å². The molecular formula is C25H27N3O5. The summed E-state index contributed by atoms with van der Waals surface area (Å²) in [7, 11) is 1.65. The lowest BCUT2D eigenvalue weighted by atomic mass is 10.1. The number of piperidine rings is 1. The van der Waals surface area contributed by atoms with Crippen molar-refractivity contribution >= 4 is 10.9 Å². The van der Waals surface area contributed by atoms with Crippen LogP contribution in [0.25, 0.3) is 10.9 Å². The van der Waals surface area contributed by atoms with Crippen LogP contribution in [0.1, 0.15) is 11.7 Å². The topological polar surface area (TPSA) is 86.2 Å². The Kier molecular flexibility index (Phi) is 5.19. The molecule has 3 heterocycles. The Balaban J connectivity index is 1.03. The molecule has 2 unspecified atom stereocenters. The van der Waals surface area contributed by atoms with Gasteiger partial charge >= 0.3 is 0 Å². The van der Waals surface area contributed by atoms with Crippen molar-refractivity contribution in [2.45, 2.75) is 6.10 Å². The van der Waals surface area contributed by atoms with E-state index in [0.29, 0.717) is 55.7 Å². The van der Waals surface area contributed by atoms with Gasteiger partial charge in [0.2, 0.25) is 5.88 Å². The zero-order chi connectivity index (χ0) is 22.4. The lowest BCUT2D eigenvalue weighted by Crippen LogP contribution is -2.30. The van der Waals surface area contributed by atoms with Crippen LogP contribution in [0, 0.1) is 17.8 Å². The third-order valence-electron chi connectivity index (χ3n) is 7.05. The minimum atomic E-state index is -0.546. The van der Waals surface area contributed by atoms with Crippen LogP contribution in [0.5, 0.6) is 23.1 Å². The Bertz CT molecular complexity index is 1160. The van der Waals surface area contributed by atoms with Gasteiger partial charge in [-0.3, -0.25) is 4.90 Å². The number of aliphatic hydroxyl groups excluding tert-OH is 1. The zero-order valence-electron chi connectivity index (χ0n) is 18.5. The second-order valence-corrected chi connectivity index (χ2v) is 9.00. The molecule has 6 rings (SSSR count). The Morgan fingerprint density at radius 1 is 1.06 bits per heavy atom. The summed E-state index contributed by atoms with van der Waals surface area (Å²) in [6, 6.07) is 11.4. The van der Waals surface area contributed by atoms with Crippen LogP contribution in [-0.2, 0) is 0 Å². The summed E-state index contributed by atoms with van der Waals surface area (Å²) in [4.78, 5) is 11.0. The molecule has 1 N–H and O–H groups in total. The fourth-order valence-electron chi connectivity index (χ4n) is 5.18. The van der Waals surface area contributed by atoms with Crippen molar-refractivity contribution in [3.63, 3.8) is 0 Å². The molecule has 0 amide bonds. The number of fused-ring (bicyclic) bond motifs is 3. The first-order valence-electron chi connectivity index (χ1n) is 11.4. The lowest BCUT2D eigenvalue weighted by molar-refractivity contribution is 0.113. The fourth-order valence-corrected chi connectivity index (χ4v) is 5.18. The first-order valence-corrected chi connectivity index (χ1v) is 11.4. The van der Waals surface area contributed by atoms with E-state index < -0.39 is 6.10 Å². The summed E-state index contributed by atoms with van der Waals surface area (Å²) < 4.78 is 22.7. The molecule has 3 aliphatic rings. The highest BCUT2D eigenvalue weighted by atomic mass is 16.6. The Labute approximate surface area is 192 Å². The predicted octanol–water partition coefficient (Wildman–Crippen LogP) is 2.70. The molecule has 2 fully saturated rings. The van der Waals surface area contributed by atoms with Crippen molar-refractivity contribution in [2.24, 2.45) is 17.8 Å². The summed E-state index contributed by atoms with van der Waals surface area (Å²) in [5, 5.41) is 11.6. The Hall–Kier alpha value is -3.10. The second kappa shape index (κ2) is 8.35. The fraction of sp³-hybridized carbons (Fsp3) is 0.440. The number of likely N-dealkylation sites (tertiary alicyclic amines) is 1. The summed E-state index contributed by atoms with van der Waals surface area (Å²) in [6.07, 6.45) is 0.995. The SMILES string of the molecule is COc1ccc2ncnc(OCC3[C@H]4CN(CC(O)c5ccc6c(c5)OCCO6)C[C@@H]34)c2c1. The molecule has 2 aromatic carbocycles. The summed E-state index contributed by atoms with van der Waals surface area (Å²) in [5.74, 6) is 4.59. The van der Waals surface area contributed by atoms with Gasteiger partial charge in [0.05, 0.1) is 30.7 Å². The standard InChI is InChI=1S/C25H27N3O5/c1-30-16-3-4-21-17(9-16)25(27-14-26-21)33-13-20-18-10-28(11-19(18)20)12-22(29)15-2-5-23-24(8-15)32-7-6-31-23/h2-5,8-9,14,18-20,22,29H,6-7,10-13H2,1H3/t18-,19+,20?,22?.